The number of methoxy groups -OCH3 is 1. The van der Waals surface area contributed by atoms with Crippen molar-refractivity contribution in [2.75, 3.05) is 20.2 Å². The maximum Gasteiger partial charge on any atom is 0.263 e. The molecule has 176 valence electrons. The van der Waals surface area contributed by atoms with Gasteiger partial charge in [-0.3, -0.25) is 19.0 Å². The van der Waals surface area contributed by atoms with E-state index < -0.39 is 0 Å². The van der Waals surface area contributed by atoms with Crippen molar-refractivity contribution >= 4 is 16.7 Å². The average Bonchev–Trinajstić information content (AvgIpc) is 2.89. The maximum atomic E-state index is 14.0. The first-order valence-electron chi connectivity index (χ1n) is 11.8. The van der Waals surface area contributed by atoms with E-state index in [1.54, 1.807) is 37.6 Å². The third-order valence-electron chi connectivity index (χ3n) is 7.27. The van der Waals surface area contributed by atoms with Crippen LogP contribution in [0.2, 0.25) is 0 Å². The molecule has 2 atom stereocenters. The summed E-state index contributed by atoms with van der Waals surface area (Å²) in [6.45, 7) is 1.75. The Hall–Kier alpha value is -4.13. The number of carbonyl (C=O) groups excluding carboxylic acids is 1. The van der Waals surface area contributed by atoms with Crippen LogP contribution in [0.5, 0.6) is 5.75 Å². The molecule has 0 saturated carbocycles. The van der Waals surface area contributed by atoms with Crippen LogP contribution in [0, 0.1) is 5.92 Å². The Bertz CT molecular complexity index is 1590. The summed E-state index contributed by atoms with van der Waals surface area (Å²) >= 11 is 0. The van der Waals surface area contributed by atoms with Crippen molar-refractivity contribution in [2.24, 2.45) is 5.92 Å². The topological polar surface area (TPSA) is 73.5 Å². The van der Waals surface area contributed by atoms with Gasteiger partial charge in [-0.05, 0) is 36.6 Å². The summed E-state index contributed by atoms with van der Waals surface area (Å²) in [5.74, 6) is 0.785. The fraction of sp³-hybridized carbons (Fsp3) is 0.250. The summed E-state index contributed by atoms with van der Waals surface area (Å²) in [5.41, 5.74) is 1.88. The Morgan fingerprint density at radius 1 is 0.886 bits per heavy atom. The van der Waals surface area contributed by atoms with Crippen LogP contribution in [0.4, 0.5) is 0 Å². The second-order valence-electron chi connectivity index (χ2n) is 9.34. The average molecular weight is 468 g/mol. The molecular weight excluding hydrogens is 442 g/mol. The van der Waals surface area contributed by atoms with E-state index in [9.17, 15) is 14.4 Å². The van der Waals surface area contributed by atoms with Gasteiger partial charge in [0.1, 0.15) is 5.75 Å². The number of pyridine rings is 2. The maximum absolute atomic E-state index is 14.0. The molecule has 1 amide bonds. The largest absolute Gasteiger partial charge is 0.495 e. The lowest BCUT2D eigenvalue weighted by Crippen LogP contribution is -2.49. The van der Waals surface area contributed by atoms with Crippen molar-refractivity contribution in [1.82, 2.24) is 14.0 Å². The van der Waals surface area contributed by atoms with Crippen molar-refractivity contribution in [3.8, 4) is 11.4 Å². The number of aromatic nitrogens is 2. The summed E-state index contributed by atoms with van der Waals surface area (Å²) in [6.07, 6.45) is 2.61. The van der Waals surface area contributed by atoms with E-state index in [2.05, 4.69) is 0 Å². The summed E-state index contributed by atoms with van der Waals surface area (Å²) in [7, 11) is 1.56. The second-order valence-corrected chi connectivity index (χ2v) is 9.34. The van der Waals surface area contributed by atoms with Gasteiger partial charge in [0.2, 0.25) is 0 Å². The molecule has 1 saturated heterocycles. The first-order chi connectivity index (χ1) is 17.0. The van der Waals surface area contributed by atoms with Crippen LogP contribution in [-0.4, -0.2) is 40.1 Å². The SMILES string of the molecule is COc1ccccc1-n1cc(C(=O)N2C[C@@H]3C[C@H](C2)c2cccc(=O)n2C3)c2ccccc2c1=O. The van der Waals surface area contributed by atoms with Gasteiger partial charge in [0.05, 0.1) is 18.4 Å². The predicted molar refractivity (Wildman–Crippen MR) is 134 cm³/mol. The number of fused-ring (bicyclic) bond motifs is 5. The van der Waals surface area contributed by atoms with E-state index >= 15 is 0 Å². The molecule has 2 bridgehead atoms. The van der Waals surface area contributed by atoms with Gasteiger partial charge in [0.25, 0.3) is 17.0 Å². The van der Waals surface area contributed by atoms with Crippen molar-refractivity contribution in [1.29, 1.82) is 0 Å². The number of para-hydroxylation sites is 2. The molecule has 7 nitrogen and oxygen atoms in total. The van der Waals surface area contributed by atoms with Crippen LogP contribution in [0.3, 0.4) is 0 Å². The summed E-state index contributed by atoms with van der Waals surface area (Å²) in [5, 5.41) is 1.12. The number of carbonyl (C=O) groups is 1. The van der Waals surface area contributed by atoms with Gasteiger partial charge in [-0.15, -0.1) is 0 Å². The van der Waals surface area contributed by atoms with E-state index in [0.29, 0.717) is 47.4 Å². The molecule has 0 N–H and O–H groups in total. The zero-order valence-electron chi connectivity index (χ0n) is 19.4. The minimum Gasteiger partial charge on any atom is -0.495 e. The number of benzene rings is 2. The smallest absolute Gasteiger partial charge is 0.263 e. The minimum atomic E-state index is -0.203. The number of nitrogens with zero attached hydrogens (tertiary/aromatic N) is 3. The quantitative estimate of drug-likeness (QED) is 0.463. The molecule has 2 aromatic carbocycles. The number of piperidine rings is 1. The van der Waals surface area contributed by atoms with E-state index in [-0.39, 0.29) is 28.9 Å². The lowest BCUT2D eigenvalue weighted by Gasteiger charge is -2.42. The first kappa shape index (κ1) is 21.4. The molecule has 2 aliphatic rings. The van der Waals surface area contributed by atoms with Crippen LogP contribution in [0.1, 0.15) is 28.4 Å². The van der Waals surface area contributed by atoms with Crippen molar-refractivity contribution < 1.29 is 9.53 Å². The van der Waals surface area contributed by atoms with Crippen molar-refractivity contribution in [3.05, 3.63) is 105 Å². The summed E-state index contributed by atoms with van der Waals surface area (Å²) in [6, 6.07) is 19.9. The molecule has 4 aromatic rings. The third-order valence-corrected chi connectivity index (χ3v) is 7.27. The highest BCUT2D eigenvalue weighted by molar-refractivity contribution is 6.06. The van der Waals surface area contributed by atoms with Crippen LogP contribution >= 0.6 is 0 Å². The zero-order chi connectivity index (χ0) is 24.1. The predicted octanol–water partition coefficient (Wildman–Crippen LogP) is 3.42. The van der Waals surface area contributed by atoms with Gasteiger partial charge in [-0.25, -0.2) is 0 Å². The lowest BCUT2D eigenvalue weighted by atomic mass is 9.83. The Morgan fingerprint density at radius 3 is 2.49 bits per heavy atom. The number of amides is 1. The fourth-order valence-corrected chi connectivity index (χ4v) is 5.70. The van der Waals surface area contributed by atoms with Crippen LogP contribution in [0.25, 0.3) is 16.5 Å². The van der Waals surface area contributed by atoms with Crippen LogP contribution in [-0.2, 0) is 6.54 Å². The van der Waals surface area contributed by atoms with E-state index in [1.165, 1.54) is 4.57 Å². The molecule has 7 heteroatoms. The summed E-state index contributed by atoms with van der Waals surface area (Å²) in [4.78, 5) is 41.7. The molecule has 1 fully saturated rings. The number of rotatable bonds is 3. The normalized spacial score (nSPS) is 18.8. The molecule has 2 aromatic heterocycles. The van der Waals surface area contributed by atoms with Gasteiger partial charge >= 0.3 is 0 Å². The molecule has 6 rings (SSSR count). The van der Waals surface area contributed by atoms with Gasteiger partial charge in [0, 0.05) is 54.3 Å². The van der Waals surface area contributed by atoms with Gasteiger partial charge < -0.3 is 14.2 Å². The van der Waals surface area contributed by atoms with Gasteiger partial charge in [-0.2, -0.15) is 0 Å². The molecule has 4 heterocycles. The van der Waals surface area contributed by atoms with Crippen molar-refractivity contribution in [2.45, 2.75) is 18.9 Å². The van der Waals surface area contributed by atoms with E-state index in [4.69, 9.17) is 4.74 Å². The number of ether oxygens (including phenoxy) is 1. The molecule has 0 unspecified atom stereocenters. The molecule has 0 spiro atoms. The highest BCUT2D eigenvalue weighted by atomic mass is 16.5. The standard InChI is InChI=1S/C28H25N3O4/c1-35-25-11-5-4-9-24(25)31-17-22(20-7-2-3-8-21(20)28(31)34)27(33)29-14-18-13-19(16-29)23-10-6-12-26(32)30(23)15-18/h2-12,17-19H,13-16H2,1H3/t18-,19+/m0/s1. The minimum absolute atomic E-state index is 0.0202. The Kier molecular flexibility index (Phi) is 5.06. The molecular formula is C28H25N3O4. The molecule has 0 radical (unpaired) electrons. The van der Waals surface area contributed by atoms with Crippen LogP contribution < -0.4 is 15.9 Å². The van der Waals surface area contributed by atoms with Crippen LogP contribution in [0.15, 0.2) is 82.5 Å². The highest BCUT2D eigenvalue weighted by Crippen LogP contribution is 2.36. The van der Waals surface area contributed by atoms with Gasteiger partial charge in [-0.1, -0.05) is 36.4 Å². The Morgan fingerprint density at radius 2 is 1.66 bits per heavy atom. The Labute approximate surface area is 201 Å². The molecule has 35 heavy (non-hydrogen) atoms. The van der Waals surface area contributed by atoms with Gasteiger partial charge in [0.15, 0.2) is 0 Å². The number of hydrogen-bond acceptors (Lipinski definition) is 4. The molecule has 2 aliphatic heterocycles. The zero-order valence-corrected chi connectivity index (χ0v) is 19.4. The third kappa shape index (κ3) is 3.46. The van der Waals surface area contributed by atoms with Crippen molar-refractivity contribution in [3.63, 3.8) is 0 Å². The number of hydrogen-bond donors (Lipinski definition) is 0. The van der Waals surface area contributed by atoms with E-state index in [0.717, 1.165) is 12.1 Å². The van der Waals surface area contributed by atoms with E-state index in [1.807, 2.05) is 51.9 Å². The fourth-order valence-electron chi connectivity index (χ4n) is 5.70. The first-order valence-corrected chi connectivity index (χ1v) is 11.8. The number of likely N-dealkylation sites (tertiary alicyclic amines) is 1. The monoisotopic (exact) mass is 467 g/mol. The highest BCUT2D eigenvalue weighted by Gasteiger charge is 2.37. The lowest BCUT2D eigenvalue weighted by molar-refractivity contribution is 0.0596. The second kappa shape index (κ2) is 8.27. The Balaban J connectivity index is 1.46. The summed E-state index contributed by atoms with van der Waals surface area (Å²) < 4.78 is 8.86. The molecule has 0 aliphatic carbocycles.